The average molecular weight is 307 g/mol. The minimum atomic E-state index is -0.363. The molecule has 0 spiro atoms. The predicted octanol–water partition coefficient (Wildman–Crippen LogP) is 5.27. The Morgan fingerprint density at radius 3 is 2.59 bits per heavy atom. The van der Waals surface area contributed by atoms with Crippen LogP contribution in [0.15, 0.2) is 75.9 Å². The molecular weight excluding hydrogens is 296 g/mol. The van der Waals surface area contributed by atoms with Gasteiger partial charge in [-0.05, 0) is 34.5 Å². The van der Waals surface area contributed by atoms with Crippen molar-refractivity contribution >= 4 is 33.3 Å². The van der Waals surface area contributed by atoms with Crippen LogP contribution >= 0.6 is 11.6 Å². The fourth-order valence-corrected chi connectivity index (χ4v) is 3.02. The molecule has 0 bridgehead atoms. The van der Waals surface area contributed by atoms with Gasteiger partial charge < -0.3 is 4.42 Å². The van der Waals surface area contributed by atoms with E-state index < -0.39 is 0 Å². The van der Waals surface area contributed by atoms with Gasteiger partial charge in [0, 0.05) is 22.0 Å². The van der Waals surface area contributed by atoms with Crippen molar-refractivity contribution in [2.75, 3.05) is 0 Å². The molecule has 2 nitrogen and oxygen atoms in total. The van der Waals surface area contributed by atoms with Gasteiger partial charge in [0.15, 0.2) is 0 Å². The second-order valence-electron chi connectivity index (χ2n) is 5.15. The number of halogens is 1. The highest BCUT2D eigenvalue weighted by Crippen LogP contribution is 2.34. The molecule has 0 saturated heterocycles. The normalized spacial score (nSPS) is 11.1. The van der Waals surface area contributed by atoms with Crippen molar-refractivity contribution in [2.24, 2.45) is 0 Å². The molecule has 1 heterocycles. The van der Waals surface area contributed by atoms with Crippen LogP contribution in [0.1, 0.15) is 0 Å². The molecule has 3 heteroatoms. The molecule has 22 heavy (non-hydrogen) atoms. The Balaban J connectivity index is 2.21. The molecule has 0 fully saturated rings. The lowest BCUT2D eigenvalue weighted by Gasteiger charge is -2.09. The van der Waals surface area contributed by atoms with Crippen LogP contribution in [0, 0.1) is 0 Å². The average Bonchev–Trinajstić information content (AvgIpc) is 2.53. The first kappa shape index (κ1) is 13.1. The van der Waals surface area contributed by atoms with E-state index in [0.717, 1.165) is 27.3 Å². The van der Waals surface area contributed by atoms with Crippen LogP contribution in [0.2, 0.25) is 5.02 Å². The molecule has 4 rings (SSSR count). The Labute approximate surface area is 131 Å². The monoisotopic (exact) mass is 306 g/mol. The van der Waals surface area contributed by atoms with Crippen LogP contribution < -0.4 is 5.63 Å². The Hall–Kier alpha value is -2.58. The first-order chi connectivity index (χ1) is 10.7. The van der Waals surface area contributed by atoms with E-state index in [-0.39, 0.29) is 5.63 Å². The van der Waals surface area contributed by atoms with E-state index in [4.69, 9.17) is 16.0 Å². The van der Waals surface area contributed by atoms with Gasteiger partial charge in [0.05, 0.1) is 0 Å². The number of rotatable bonds is 1. The van der Waals surface area contributed by atoms with E-state index in [0.29, 0.717) is 10.6 Å². The third kappa shape index (κ3) is 2.09. The zero-order chi connectivity index (χ0) is 15.1. The molecule has 0 saturated carbocycles. The topological polar surface area (TPSA) is 30.2 Å². The third-order valence-electron chi connectivity index (χ3n) is 3.77. The van der Waals surface area contributed by atoms with Crippen LogP contribution in [0.4, 0.5) is 0 Å². The number of hydrogen-bond acceptors (Lipinski definition) is 2. The van der Waals surface area contributed by atoms with Crippen LogP contribution in [-0.2, 0) is 0 Å². The van der Waals surface area contributed by atoms with Crippen molar-refractivity contribution < 1.29 is 4.42 Å². The number of benzene rings is 3. The molecular formula is C19H11ClO2. The second kappa shape index (κ2) is 5.00. The first-order valence-corrected chi connectivity index (χ1v) is 7.32. The van der Waals surface area contributed by atoms with Crippen LogP contribution in [0.3, 0.4) is 0 Å². The van der Waals surface area contributed by atoms with E-state index >= 15 is 0 Å². The van der Waals surface area contributed by atoms with Gasteiger partial charge in [-0.25, -0.2) is 4.79 Å². The Kier molecular flexibility index (Phi) is 2.98. The lowest BCUT2D eigenvalue weighted by atomic mass is 9.97. The lowest BCUT2D eigenvalue weighted by molar-refractivity contribution is 0.562. The first-order valence-electron chi connectivity index (χ1n) is 6.94. The largest absolute Gasteiger partial charge is 0.423 e. The Morgan fingerprint density at radius 2 is 1.73 bits per heavy atom. The summed E-state index contributed by atoms with van der Waals surface area (Å²) in [6, 6.07) is 20.9. The summed E-state index contributed by atoms with van der Waals surface area (Å²) in [4.78, 5) is 11.9. The van der Waals surface area contributed by atoms with Crippen LogP contribution in [0.25, 0.3) is 32.9 Å². The molecule has 0 amide bonds. The van der Waals surface area contributed by atoms with E-state index in [1.165, 1.54) is 6.07 Å². The van der Waals surface area contributed by atoms with Gasteiger partial charge in [0.1, 0.15) is 5.58 Å². The van der Waals surface area contributed by atoms with Crippen molar-refractivity contribution in [3.05, 3.63) is 82.2 Å². The lowest BCUT2D eigenvalue weighted by Crippen LogP contribution is -1.98. The molecule has 1 aromatic heterocycles. The summed E-state index contributed by atoms with van der Waals surface area (Å²) in [6.07, 6.45) is 0. The summed E-state index contributed by atoms with van der Waals surface area (Å²) in [6.45, 7) is 0. The second-order valence-corrected chi connectivity index (χ2v) is 5.59. The third-order valence-corrected chi connectivity index (χ3v) is 4.00. The van der Waals surface area contributed by atoms with Gasteiger partial charge in [-0.3, -0.25) is 0 Å². The zero-order valence-corrected chi connectivity index (χ0v) is 12.3. The smallest absolute Gasteiger partial charge is 0.336 e. The summed E-state index contributed by atoms with van der Waals surface area (Å²) >= 11 is 6.10. The van der Waals surface area contributed by atoms with Crippen molar-refractivity contribution in [2.45, 2.75) is 0 Å². The van der Waals surface area contributed by atoms with E-state index in [2.05, 4.69) is 0 Å². The highest BCUT2D eigenvalue weighted by atomic mass is 35.5. The molecule has 0 radical (unpaired) electrons. The molecule has 0 aliphatic carbocycles. The maximum Gasteiger partial charge on any atom is 0.336 e. The fraction of sp³-hybridized carbons (Fsp3) is 0. The standard InChI is InChI=1S/C19H11ClO2/c20-14-6-3-5-13(10-14)16-11-18(21)22-17-9-8-12-4-1-2-7-15(12)19(16)17/h1-11H. The van der Waals surface area contributed by atoms with Crippen LogP contribution in [0.5, 0.6) is 0 Å². The highest BCUT2D eigenvalue weighted by molar-refractivity contribution is 6.31. The number of hydrogen-bond donors (Lipinski definition) is 0. The van der Waals surface area contributed by atoms with Gasteiger partial charge in [-0.1, -0.05) is 54.1 Å². The minimum absolute atomic E-state index is 0.363. The molecule has 106 valence electrons. The zero-order valence-electron chi connectivity index (χ0n) is 11.5. The molecule has 3 aromatic carbocycles. The molecule has 0 aliphatic heterocycles. The van der Waals surface area contributed by atoms with Gasteiger partial charge in [0.25, 0.3) is 0 Å². The minimum Gasteiger partial charge on any atom is -0.423 e. The summed E-state index contributed by atoms with van der Waals surface area (Å²) in [5.74, 6) is 0. The molecule has 4 aromatic rings. The maximum absolute atomic E-state index is 11.9. The van der Waals surface area contributed by atoms with E-state index in [1.54, 1.807) is 0 Å². The Bertz CT molecular complexity index is 1060. The van der Waals surface area contributed by atoms with Crippen molar-refractivity contribution in [3.8, 4) is 11.1 Å². The van der Waals surface area contributed by atoms with Gasteiger partial charge in [-0.2, -0.15) is 0 Å². The molecule has 0 atom stereocenters. The summed E-state index contributed by atoms with van der Waals surface area (Å²) < 4.78 is 5.37. The van der Waals surface area contributed by atoms with Gasteiger partial charge in [0.2, 0.25) is 0 Å². The molecule has 0 unspecified atom stereocenters. The van der Waals surface area contributed by atoms with Crippen molar-refractivity contribution in [1.29, 1.82) is 0 Å². The fourth-order valence-electron chi connectivity index (χ4n) is 2.83. The van der Waals surface area contributed by atoms with Gasteiger partial charge in [-0.15, -0.1) is 0 Å². The van der Waals surface area contributed by atoms with E-state index in [1.807, 2.05) is 60.7 Å². The summed E-state index contributed by atoms with van der Waals surface area (Å²) in [5, 5.41) is 3.73. The van der Waals surface area contributed by atoms with Crippen LogP contribution in [-0.4, -0.2) is 0 Å². The summed E-state index contributed by atoms with van der Waals surface area (Å²) in [5.41, 5.74) is 1.96. The van der Waals surface area contributed by atoms with E-state index in [9.17, 15) is 4.79 Å². The number of fused-ring (bicyclic) bond motifs is 3. The van der Waals surface area contributed by atoms with Gasteiger partial charge >= 0.3 is 5.63 Å². The highest BCUT2D eigenvalue weighted by Gasteiger charge is 2.11. The molecule has 0 N–H and O–H groups in total. The molecule has 0 aliphatic rings. The predicted molar refractivity (Wildman–Crippen MR) is 90.4 cm³/mol. The SMILES string of the molecule is O=c1cc(-c2cccc(Cl)c2)c2c(ccc3ccccc32)o1. The van der Waals surface area contributed by atoms with Crippen molar-refractivity contribution in [3.63, 3.8) is 0 Å². The maximum atomic E-state index is 11.9. The Morgan fingerprint density at radius 1 is 0.864 bits per heavy atom. The summed E-state index contributed by atoms with van der Waals surface area (Å²) in [7, 11) is 0. The van der Waals surface area contributed by atoms with Crippen molar-refractivity contribution in [1.82, 2.24) is 0 Å². The quantitative estimate of drug-likeness (QED) is 0.354.